The molecule has 8 heteroatoms. The number of ketones is 1. The van der Waals surface area contributed by atoms with Gasteiger partial charge in [-0.3, -0.25) is 9.59 Å². The van der Waals surface area contributed by atoms with E-state index in [9.17, 15) is 14.7 Å². The van der Waals surface area contributed by atoms with Crippen molar-refractivity contribution in [2.45, 2.75) is 26.3 Å². The van der Waals surface area contributed by atoms with Crippen molar-refractivity contribution in [3.05, 3.63) is 64.2 Å². The van der Waals surface area contributed by atoms with Gasteiger partial charge in [-0.05, 0) is 69.4 Å². The number of aliphatic hydroxyl groups excluding tert-OH is 1. The van der Waals surface area contributed by atoms with Crippen LogP contribution < -0.4 is 9.47 Å². The molecule has 0 spiro atoms. The first-order chi connectivity index (χ1) is 16.3. The van der Waals surface area contributed by atoms with E-state index in [0.717, 1.165) is 6.42 Å². The molecule has 3 rings (SSSR count). The quantitative estimate of drug-likeness (QED) is 0.302. The summed E-state index contributed by atoms with van der Waals surface area (Å²) in [6.45, 7) is 5.73. The third-order valence-electron chi connectivity index (χ3n) is 5.49. The fourth-order valence-corrected chi connectivity index (χ4v) is 3.95. The summed E-state index contributed by atoms with van der Waals surface area (Å²) in [6.07, 6.45) is 0.846. The number of halogens is 1. The number of carbonyl (C=O) groups excluding carboxylic acids is 2. The maximum atomic E-state index is 13.1. The number of benzene rings is 2. The van der Waals surface area contributed by atoms with Gasteiger partial charge in [0.15, 0.2) is 11.5 Å². The second kappa shape index (κ2) is 11.4. The molecule has 2 aromatic carbocycles. The van der Waals surface area contributed by atoms with Crippen LogP contribution in [-0.4, -0.2) is 67.0 Å². The highest BCUT2D eigenvalue weighted by Gasteiger charge is 2.46. The summed E-state index contributed by atoms with van der Waals surface area (Å²) in [5, 5.41) is 11.6. The third kappa shape index (κ3) is 5.54. The highest BCUT2D eigenvalue weighted by atomic mass is 35.5. The number of amides is 1. The lowest BCUT2D eigenvalue weighted by atomic mass is 9.95. The van der Waals surface area contributed by atoms with Gasteiger partial charge in [-0.2, -0.15) is 0 Å². The maximum Gasteiger partial charge on any atom is 0.295 e. The molecular weight excluding hydrogens is 456 g/mol. The average Bonchev–Trinajstić information content (AvgIpc) is 3.07. The molecule has 182 valence electrons. The van der Waals surface area contributed by atoms with Gasteiger partial charge in [0.1, 0.15) is 5.76 Å². The third-order valence-corrected chi connectivity index (χ3v) is 5.74. The molecule has 1 fully saturated rings. The van der Waals surface area contributed by atoms with Crippen LogP contribution in [0, 0.1) is 0 Å². The fourth-order valence-electron chi connectivity index (χ4n) is 3.82. The smallest absolute Gasteiger partial charge is 0.295 e. The first kappa shape index (κ1) is 25.6. The van der Waals surface area contributed by atoms with Crippen LogP contribution in [0.15, 0.2) is 48.0 Å². The molecule has 1 heterocycles. The zero-order valence-electron chi connectivity index (χ0n) is 20.0. The minimum absolute atomic E-state index is 0.0377. The Bertz CT molecular complexity index is 1070. The zero-order valence-corrected chi connectivity index (χ0v) is 20.8. The van der Waals surface area contributed by atoms with Crippen molar-refractivity contribution in [1.82, 2.24) is 9.80 Å². The molecule has 0 saturated carbocycles. The average molecular weight is 487 g/mol. The van der Waals surface area contributed by atoms with Crippen molar-refractivity contribution < 1.29 is 24.2 Å². The summed E-state index contributed by atoms with van der Waals surface area (Å²) in [6, 6.07) is 11.1. The number of nitrogens with zero attached hydrogens (tertiary/aromatic N) is 2. The molecule has 1 saturated heterocycles. The van der Waals surface area contributed by atoms with Crippen molar-refractivity contribution in [2.75, 3.05) is 40.4 Å². The summed E-state index contributed by atoms with van der Waals surface area (Å²) in [5.74, 6) is -0.489. The molecule has 1 unspecified atom stereocenters. The Balaban J connectivity index is 2.15. The lowest BCUT2D eigenvalue weighted by molar-refractivity contribution is -0.140. The SMILES string of the molecule is CCCOc1ccc(C2/C(=C(\O)c3ccc(Cl)cc3)C(=O)C(=O)N2CCN(C)C)cc1OCC. The highest BCUT2D eigenvalue weighted by Crippen LogP contribution is 2.42. The Morgan fingerprint density at radius 1 is 1.06 bits per heavy atom. The van der Waals surface area contributed by atoms with E-state index in [1.807, 2.05) is 38.9 Å². The van der Waals surface area contributed by atoms with Gasteiger partial charge < -0.3 is 24.4 Å². The van der Waals surface area contributed by atoms with Crippen LogP contribution in [0.4, 0.5) is 0 Å². The van der Waals surface area contributed by atoms with Crippen LogP contribution in [0.2, 0.25) is 5.02 Å². The monoisotopic (exact) mass is 486 g/mol. The topological polar surface area (TPSA) is 79.3 Å². The van der Waals surface area contributed by atoms with Crippen LogP contribution in [0.25, 0.3) is 5.76 Å². The van der Waals surface area contributed by atoms with Crippen LogP contribution in [0.3, 0.4) is 0 Å². The minimum atomic E-state index is -0.768. The van der Waals surface area contributed by atoms with Gasteiger partial charge in [0, 0.05) is 23.7 Å². The van der Waals surface area contributed by atoms with Gasteiger partial charge in [0.2, 0.25) is 0 Å². The molecule has 1 aliphatic heterocycles. The number of Topliss-reactive ketones (excluding diaryl/α,β-unsaturated/α-hetero) is 1. The lowest BCUT2D eigenvalue weighted by Gasteiger charge is -2.27. The van der Waals surface area contributed by atoms with E-state index < -0.39 is 17.7 Å². The number of likely N-dealkylation sites (tertiary alicyclic amines) is 1. The van der Waals surface area contributed by atoms with Gasteiger partial charge in [-0.25, -0.2) is 0 Å². The van der Waals surface area contributed by atoms with Gasteiger partial charge in [-0.15, -0.1) is 0 Å². The molecule has 0 radical (unpaired) electrons. The predicted molar refractivity (Wildman–Crippen MR) is 132 cm³/mol. The second-order valence-corrected chi connectivity index (χ2v) is 8.73. The Morgan fingerprint density at radius 3 is 2.38 bits per heavy atom. The number of hydrogen-bond acceptors (Lipinski definition) is 6. The molecule has 2 aromatic rings. The molecule has 0 bridgehead atoms. The fraction of sp³-hybridized carbons (Fsp3) is 0.385. The Kier molecular flexibility index (Phi) is 8.58. The number of ether oxygens (including phenoxy) is 2. The van der Waals surface area contributed by atoms with Crippen LogP contribution in [-0.2, 0) is 9.59 Å². The van der Waals surface area contributed by atoms with Crippen LogP contribution >= 0.6 is 11.6 Å². The van der Waals surface area contributed by atoms with Crippen molar-refractivity contribution in [3.63, 3.8) is 0 Å². The minimum Gasteiger partial charge on any atom is -0.507 e. The van der Waals surface area contributed by atoms with Crippen molar-refractivity contribution in [2.24, 2.45) is 0 Å². The van der Waals surface area contributed by atoms with E-state index in [1.165, 1.54) is 4.90 Å². The molecule has 0 aliphatic carbocycles. The van der Waals surface area contributed by atoms with Crippen LogP contribution in [0.1, 0.15) is 37.4 Å². The number of rotatable bonds is 10. The Labute approximate surface area is 205 Å². The first-order valence-electron chi connectivity index (χ1n) is 11.4. The summed E-state index contributed by atoms with van der Waals surface area (Å²) in [4.78, 5) is 29.6. The van der Waals surface area contributed by atoms with Gasteiger partial charge in [0.05, 0.1) is 24.8 Å². The molecule has 1 atom stereocenters. The summed E-state index contributed by atoms with van der Waals surface area (Å²) in [5.41, 5.74) is 1.10. The molecule has 34 heavy (non-hydrogen) atoms. The maximum absolute atomic E-state index is 13.1. The predicted octanol–water partition coefficient (Wildman–Crippen LogP) is 4.51. The van der Waals surface area contributed by atoms with E-state index in [0.29, 0.717) is 54.0 Å². The number of carbonyl (C=O) groups is 2. The molecular formula is C26H31ClN2O5. The first-order valence-corrected chi connectivity index (χ1v) is 11.7. The highest BCUT2D eigenvalue weighted by molar-refractivity contribution is 6.46. The number of likely N-dealkylation sites (N-methyl/N-ethyl adjacent to an activating group) is 1. The Morgan fingerprint density at radius 2 is 1.76 bits per heavy atom. The summed E-state index contributed by atoms with van der Waals surface area (Å²) < 4.78 is 11.6. The van der Waals surface area contributed by atoms with Gasteiger partial charge in [-0.1, -0.05) is 24.6 Å². The van der Waals surface area contributed by atoms with Gasteiger partial charge >= 0.3 is 0 Å². The van der Waals surface area contributed by atoms with E-state index >= 15 is 0 Å². The molecule has 0 aromatic heterocycles. The molecule has 7 nitrogen and oxygen atoms in total. The van der Waals surface area contributed by atoms with Crippen LogP contribution in [0.5, 0.6) is 11.5 Å². The van der Waals surface area contributed by atoms with Crippen molar-refractivity contribution in [3.8, 4) is 11.5 Å². The summed E-state index contributed by atoms with van der Waals surface area (Å²) >= 11 is 5.99. The van der Waals surface area contributed by atoms with E-state index in [2.05, 4.69) is 0 Å². The normalized spacial score (nSPS) is 17.5. The van der Waals surface area contributed by atoms with Gasteiger partial charge in [0.25, 0.3) is 11.7 Å². The Hall–Kier alpha value is -3.03. The van der Waals surface area contributed by atoms with E-state index in [4.69, 9.17) is 21.1 Å². The number of hydrogen-bond donors (Lipinski definition) is 1. The van der Waals surface area contributed by atoms with E-state index in [-0.39, 0.29) is 11.3 Å². The molecule has 1 amide bonds. The summed E-state index contributed by atoms with van der Waals surface area (Å²) in [7, 11) is 3.79. The van der Waals surface area contributed by atoms with Crippen molar-refractivity contribution in [1.29, 1.82) is 0 Å². The van der Waals surface area contributed by atoms with E-state index in [1.54, 1.807) is 36.4 Å². The molecule has 1 aliphatic rings. The largest absolute Gasteiger partial charge is 0.507 e. The van der Waals surface area contributed by atoms with Crippen molar-refractivity contribution >= 4 is 29.1 Å². The zero-order chi connectivity index (χ0) is 24.8. The molecule has 1 N–H and O–H groups in total. The number of aliphatic hydroxyl groups is 1. The lowest BCUT2D eigenvalue weighted by Crippen LogP contribution is -2.35. The second-order valence-electron chi connectivity index (χ2n) is 8.29. The standard InChI is InChI=1S/C26H31ClN2O5/c1-5-15-34-20-12-9-18(16-21(20)33-6-2)23-22(24(30)17-7-10-19(27)11-8-17)25(31)26(32)29(23)14-13-28(3)4/h7-12,16,23,30H,5-6,13-15H2,1-4H3/b24-22+.